The molecule has 2 fully saturated rings. The molecule has 0 radical (unpaired) electrons. The highest BCUT2D eigenvalue weighted by Gasteiger charge is 2.32. The molecular weight excluding hydrogens is 343 g/mol. The van der Waals surface area contributed by atoms with Gasteiger partial charge in [0.15, 0.2) is 11.6 Å². The summed E-state index contributed by atoms with van der Waals surface area (Å²) in [5, 5.41) is 0. The van der Waals surface area contributed by atoms with Crippen molar-refractivity contribution in [3.63, 3.8) is 0 Å². The van der Waals surface area contributed by atoms with Crippen LogP contribution in [0.1, 0.15) is 82.8 Å². The quantitative estimate of drug-likeness (QED) is 0.530. The molecule has 0 amide bonds. The Morgan fingerprint density at radius 3 is 2.33 bits per heavy atom. The van der Waals surface area contributed by atoms with E-state index in [1.165, 1.54) is 51.7 Å². The fourth-order valence-corrected chi connectivity index (χ4v) is 4.80. The van der Waals surface area contributed by atoms with Crippen molar-refractivity contribution in [1.29, 1.82) is 0 Å². The van der Waals surface area contributed by atoms with E-state index >= 15 is 0 Å². The van der Waals surface area contributed by atoms with Crippen LogP contribution in [0.2, 0.25) is 0 Å². The zero-order valence-corrected chi connectivity index (χ0v) is 16.7. The Labute approximate surface area is 162 Å². The number of hydrogen-bond acceptors (Lipinski definition) is 3. The van der Waals surface area contributed by atoms with Gasteiger partial charge in [0.05, 0.1) is 13.0 Å². The lowest BCUT2D eigenvalue weighted by Gasteiger charge is -2.31. The Balaban J connectivity index is 1.45. The van der Waals surface area contributed by atoms with E-state index in [2.05, 4.69) is 6.92 Å². The van der Waals surface area contributed by atoms with Crippen molar-refractivity contribution in [3.8, 4) is 5.75 Å². The molecule has 0 aromatic heterocycles. The average molecular weight is 377 g/mol. The van der Waals surface area contributed by atoms with Gasteiger partial charge in [0, 0.05) is 0 Å². The summed E-state index contributed by atoms with van der Waals surface area (Å²) < 4.78 is 24.5. The Bertz CT molecular complexity index is 622. The van der Waals surface area contributed by atoms with Crippen molar-refractivity contribution in [2.45, 2.75) is 77.2 Å². The number of methoxy groups -OCH3 is 1. The number of carbonyl (C=O) groups excluding carboxylic acids is 1. The molecule has 1 saturated carbocycles. The molecule has 1 heterocycles. The van der Waals surface area contributed by atoms with Gasteiger partial charge in [-0.05, 0) is 55.2 Å². The van der Waals surface area contributed by atoms with Gasteiger partial charge in [-0.15, -0.1) is 0 Å². The minimum absolute atomic E-state index is 0.0118. The number of rotatable bonds is 7. The van der Waals surface area contributed by atoms with Gasteiger partial charge in [0.2, 0.25) is 0 Å². The first-order valence-electron chi connectivity index (χ1n) is 10.6. The molecule has 1 aromatic carbocycles. The summed E-state index contributed by atoms with van der Waals surface area (Å²) in [7, 11) is 1.44. The van der Waals surface area contributed by atoms with Crippen LogP contribution in [0.3, 0.4) is 0 Å². The Morgan fingerprint density at radius 2 is 1.74 bits per heavy atom. The summed E-state index contributed by atoms with van der Waals surface area (Å²) in [6, 6.07) is 4.81. The predicted molar refractivity (Wildman–Crippen MR) is 104 cm³/mol. The second kappa shape index (κ2) is 9.57. The zero-order valence-electron chi connectivity index (χ0n) is 16.7. The van der Waals surface area contributed by atoms with Gasteiger partial charge >= 0.3 is 5.97 Å². The summed E-state index contributed by atoms with van der Waals surface area (Å²) in [5.41, 5.74) is 0.717. The van der Waals surface area contributed by atoms with E-state index in [9.17, 15) is 9.18 Å². The van der Waals surface area contributed by atoms with E-state index in [-0.39, 0.29) is 23.7 Å². The number of hydrogen-bond donors (Lipinski definition) is 0. The van der Waals surface area contributed by atoms with E-state index in [1.807, 2.05) is 0 Å². The molecule has 1 aliphatic heterocycles. The first kappa shape index (κ1) is 20.2. The van der Waals surface area contributed by atoms with Gasteiger partial charge in [-0.1, -0.05) is 51.5 Å². The van der Waals surface area contributed by atoms with Crippen LogP contribution in [0.4, 0.5) is 4.39 Å². The molecule has 0 spiro atoms. The average Bonchev–Trinajstić information content (AvgIpc) is 2.68. The SMILES string of the molecule is CCCC1CCC(CCC2CCC(c3ccc(OC)c(F)c3)OC2=O)CC1. The van der Waals surface area contributed by atoms with Gasteiger partial charge in [-0.25, -0.2) is 4.39 Å². The molecule has 150 valence electrons. The lowest BCUT2D eigenvalue weighted by molar-refractivity contribution is -0.161. The molecule has 3 rings (SSSR count). The van der Waals surface area contributed by atoms with Crippen LogP contribution in [-0.4, -0.2) is 13.1 Å². The standard InChI is InChI=1S/C23H33FO3/c1-3-4-16-5-7-17(8-6-16)9-10-18-11-13-21(27-23(18)25)19-12-14-22(26-2)20(24)15-19/h12,14-18,21H,3-11,13H2,1-2H3. The predicted octanol–water partition coefficient (Wildman–Crippen LogP) is 6.22. The molecule has 2 unspecified atom stereocenters. The first-order valence-corrected chi connectivity index (χ1v) is 10.6. The monoisotopic (exact) mass is 376 g/mol. The molecule has 1 saturated heterocycles. The lowest BCUT2D eigenvalue weighted by Crippen LogP contribution is -2.27. The highest BCUT2D eigenvalue weighted by atomic mass is 19.1. The molecule has 0 bridgehead atoms. The summed E-state index contributed by atoms with van der Waals surface area (Å²) in [4.78, 5) is 12.5. The molecule has 0 N–H and O–H groups in total. The van der Waals surface area contributed by atoms with Crippen LogP contribution in [0, 0.1) is 23.6 Å². The fourth-order valence-electron chi connectivity index (χ4n) is 4.80. The van der Waals surface area contributed by atoms with E-state index < -0.39 is 5.82 Å². The number of benzene rings is 1. The third-order valence-electron chi connectivity index (χ3n) is 6.50. The van der Waals surface area contributed by atoms with E-state index in [0.717, 1.165) is 37.5 Å². The maximum Gasteiger partial charge on any atom is 0.309 e. The molecule has 1 aromatic rings. The minimum Gasteiger partial charge on any atom is -0.494 e. The normalized spacial score (nSPS) is 28.6. The van der Waals surface area contributed by atoms with E-state index in [0.29, 0.717) is 5.56 Å². The molecule has 4 heteroatoms. The molecular formula is C23H33FO3. The maximum atomic E-state index is 13.9. The van der Waals surface area contributed by atoms with Crippen LogP contribution in [0.25, 0.3) is 0 Å². The summed E-state index contributed by atoms with van der Waals surface area (Å²) in [6.45, 7) is 2.27. The molecule has 3 nitrogen and oxygen atoms in total. The van der Waals surface area contributed by atoms with Crippen LogP contribution < -0.4 is 4.74 Å². The number of esters is 1. The fraction of sp³-hybridized carbons (Fsp3) is 0.696. The van der Waals surface area contributed by atoms with Crippen molar-refractivity contribution in [3.05, 3.63) is 29.6 Å². The van der Waals surface area contributed by atoms with Gasteiger partial charge in [0.25, 0.3) is 0 Å². The van der Waals surface area contributed by atoms with Crippen molar-refractivity contribution in [1.82, 2.24) is 0 Å². The summed E-state index contributed by atoms with van der Waals surface area (Å²) in [6.07, 6.45) is 11.4. The number of cyclic esters (lactones) is 1. The van der Waals surface area contributed by atoms with Crippen LogP contribution in [-0.2, 0) is 9.53 Å². The van der Waals surface area contributed by atoms with Gasteiger partial charge in [-0.3, -0.25) is 4.79 Å². The Morgan fingerprint density at radius 1 is 1.04 bits per heavy atom. The largest absolute Gasteiger partial charge is 0.494 e. The first-order chi connectivity index (χ1) is 13.1. The lowest BCUT2D eigenvalue weighted by atomic mass is 9.77. The van der Waals surface area contributed by atoms with Crippen molar-refractivity contribution in [2.75, 3.05) is 7.11 Å². The molecule has 27 heavy (non-hydrogen) atoms. The molecule has 2 atom stereocenters. The van der Waals surface area contributed by atoms with Gasteiger partial charge < -0.3 is 9.47 Å². The van der Waals surface area contributed by atoms with Crippen LogP contribution >= 0.6 is 0 Å². The van der Waals surface area contributed by atoms with Crippen LogP contribution in [0.15, 0.2) is 18.2 Å². The van der Waals surface area contributed by atoms with Crippen molar-refractivity contribution < 1.29 is 18.7 Å². The van der Waals surface area contributed by atoms with Crippen LogP contribution in [0.5, 0.6) is 5.75 Å². The third-order valence-corrected chi connectivity index (χ3v) is 6.50. The molecule has 2 aliphatic rings. The van der Waals surface area contributed by atoms with E-state index in [1.54, 1.807) is 12.1 Å². The second-order valence-corrected chi connectivity index (χ2v) is 8.35. The smallest absolute Gasteiger partial charge is 0.309 e. The summed E-state index contributed by atoms with van der Waals surface area (Å²) >= 11 is 0. The third kappa shape index (κ3) is 5.24. The van der Waals surface area contributed by atoms with Crippen molar-refractivity contribution in [2.24, 2.45) is 17.8 Å². The highest BCUT2D eigenvalue weighted by Crippen LogP contribution is 2.38. The molecule has 1 aliphatic carbocycles. The maximum absolute atomic E-state index is 13.9. The Kier molecular flexibility index (Phi) is 7.14. The van der Waals surface area contributed by atoms with E-state index in [4.69, 9.17) is 9.47 Å². The summed E-state index contributed by atoms with van der Waals surface area (Å²) in [5.74, 6) is 1.41. The topological polar surface area (TPSA) is 35.5 Å². The van der Waals surface area contributed by atoms with Gasteiger partial charge in [-0.2, -0.15) is 0 Å². The van der Waals surface area contributed by atoms with Gasteiger partial charge in [0.1, 0.15) is 6.10 Å². The highest BCUT2D eigenvalue weighted by molar-refractivity contribution is 5.73. The second-order valence-electron chi connectivity index (χ2n) is 8.35. The van der Waals surface area contributed by atoms with Crippen molar-refractivity contribution >= 4 is 5.97 Å². The Hall–Kier alpha value is -1.58. The minimum atomic E-state index is -0.410. The zero-order chi connectivity index (χ0) is 19.2. The number of ether oxygens (including phenoxy) is 2. The number of carbonyl (C=O) groups is 1. The number of halogens is 1.